The van der Waals surface area contributed by atoms with Gasteiger partial charge in [0.05, 0.1) is 23.8 Å². The zero-order chi connectivity index (χ0) is 17.3. The summed E-state index contributed by atoms with van der Waals surface area (Å²) in [6, 6.07) is 12.5. The van der Waals surface area contributed by atoms with E-state index in [0.717, 1.165) is 5.56 Å². The molecule has 1 aliphatic heterocycles. The summed E-state index contributed by atoms with van der Waals surface area (Å²) in [4.78, 5) is 0.300. The number of anilines is 1. The van der Waals surface area contributed by atoms with Crippen molar-refractivity contribution >= 4 is 15.7 Å². The zero-order valence-corrected chi connectivity index (χ0v) is 14.8. The summed E-state index contributed by atoms with van der Waals surface area (Å²) in [5.41, 5.74) is 2.26. The average Bonchev–Trinajstić information content (AvgIpc) is 2.60. The molecule has 1 atom stereocenters. The van der Waals surface area contributed by atoms with Crippen LogP contribution in [0.25, 0.3) is 0 Å². The summed E-state index contributed by atoms with van der Waals surface area (Å²) < 4.78 is 38.6. The van der Waals surface area contributed by atoms with Crippen LogP contribution in [-0.2, 0) is 14.8 Å². The maximum Gasteiger partial charge on any atom is 0.264 e. The van der Waals surface area contributed by atoms with Gasteiger partial charge in [-0.05, 0) is 43.2 Å². The van der Waals surface area contributed by atoms with Crippen molar-refractivity contribution in [2.75, 3.05) is 25.1 Å². The van der Waals surface area contributed by atoms with Gasteiger partial charge in [-0.15, -0.1) is 0 Å². The van der Waals surface area contributed by atoms with Crippen LogP contribution < -0.4 is 9.04 Å². The van der Waals surface area contributed by atoms with Gasteiger partial charge in [0.15, 0.2) is 0 Å². The monoisotopic (exact) mass is 347 g/mol. The largest absolute Gasteiger partial charge is 0.497 e. The third kappa shape index (κ3) is 2.76. The van der Waals surface area contributed by atoms with Crippen LogP contribution in [0.4, 0.5) is 5.69 Å². The first-order chi connectivity index (χ1) is 11.5. The maximum absolute atomic E-state index is 13.2. The molecule has 5 nitrogen and oxygen atoms in total. The summed E-state index contributed by atoms with van der Waals surface area (Å²) in [7, 11) is -0.424. The molecule has 0 saturated heterocycles. The lowest BCUT2D eigenvalue weighted by molar-refractivity contribution is 0.0951. The number of rotatable bonds is 4. The molecular weight excluding hydrogens is 326 g/mol. The molecule has 0 aromatic heterocycles. The maximum atomic E-state index is 13.2. The number of benzene rings is 2. The summed E-state index contributed by atoms with van der Waals surface area (Å²) in [6.07, 6.45) is 0.548. The minimum atomic E-state index is -3.64. The smallest absolute Gasteiger partial charge is 0.264 e. The standard InChI is InChI=1S/C18H21NO4S/c1-13-12-14(22-2)8-9-18(13)24(20,21)19-11-10-17(23-3)15-6-4-5-7-16(15)19/h4-9,12,17H,10-11H2,1-3H3. The number of nitrogens with zero attached hydrogens (tertiary/aromatic N) is 1. The molecule has 0 spiro atoms. The molecule has 1 unspecified atom stereocenters. The molecule has 0 fully saturated rings. The van der Waals surface area contributed by atoms with Gasteiger partial charge in [0, 0.05) is 19.2 Å². The molecule has 128 valence electrons. The minimum absolute atomic E-state index is 0.0791. The summed E-state index contributed by atoms with van der Waals surface area (Å²) in [5.74, 6) is 0.643. The Balaban J connectivity index is 2.08. The molecule has 3 rings (SSSR count). The van der Waals surface area contributed by atoms with E-state index in [1.165, 1.54) is 4.31 Å². The van der Waals surface area contributed by atoms with Gasteiger partial charge in [0.2, 0.25) is 0 Å². The normalized spacial score (nSPS) is 17.5. The van der Waals surface area contributed by atoms with Gasteiger partial charge in [0.1, 0.15) is 5.75 Å². The Kier molecular flexibility index (Phi) is 4.51. The molecule has 2 aromatic carbocycles. The number of methoxy groups -OCH3 is 2. The van der Waals surface area contributed by atoms with E-state index in [0.29, 0.717) is 34.9 Å². The molecule has 2 aromatic rings. The van der Waals surface area contributed by atoms with Crippen LogP contribution in [0.5, 0.6) is 5.75 Å². The average molecular weight is 347 g/mol. The molecule has 0 aliphatic carbocycles. The molecule has 0 N–H and O–H groups in total. The van der Waals surface area contributed by atoms with E-state index in [2.05, 4.69) is 0 Å². The van der Waals surface area contributed by atoms with Gasteiger partial charge < -0.3 is 9.47 Å². The Labute approximate surface area is 142 Å². The topological polar surface area (TPSA) is 55.8 Å². The van der Waals surface area contributed by atoms with E-state index in [-0.39, 0.29) is 6.10 Å². The number of ether oxygens (including phenoxy) is 2. The Morgan fingerprint density at radius 2 is 1.88 bits per heavy atom. The minimum Gasteiger partial charge on any atom is -0.497 e. The first-order valence-corrected chi connectivity index (χ1v) is 9.22. The number of aryl methyl sites for hydroxylation is 1. The van der Waals surface area contributed by atoms with Crippen LogP contribution in [0.15, 0.2) is 47.4 Å². The molecule has 0 saturated carbocycles. The molecule has 1 aliphatic rings. The highest BCUT2D eigenvalue weighted by molar-refractivity contribution is 7.92. The van der Waals surface area contributed by atoms with E-state index >= 15 is 0 Å². The summed E-state index contributed by atoms with van der Waals surface area (Å²) in [5, 5.41) is 0. The molecular formula is C18H21NO4S. The Bertz CT molecular complexity index is 848. The van der Waals surface area contributed by atoms with E-state index in [9.17, 15) is 8.42 Å². The second kappa shape index (κ2) is 6.45. The zero-order valence-electron chi connectivity index (χ0n) is 14.0. The predicted molar refractivity (Wildman–Crippen MR) is 93.1 cm³/mol. The lowest BCUT2D eigenvalue weighted by atomic mass is 10.0. The summed E-state index contributed by atoms with van der Waals surface area (Å²) >= 11 is 0. The van der Waals surface area contributed by atoms with Crippen molar-refractivity contribution < 1.29 is 17.9 Å². The van der Waals surface area contributed by atoms with E-state index in [4.69, 9.17) is 9.47 Å². The fraction of sp³-hybridized carbons (Fsp3) is 0.333. The fourth-order valence-corrected chi connectivity index (χ4v) is 4.86. The molecule has 0 amide bonds. The van der Waals surface area contributed by atoms with Gasteiger partial charge >= 0.3 is 0 Å². The third-order valence-corrected chi connectivity index (χ3v) is 6.35. The van der Waals surface area contributed by atoms with Crippen LogP contribution in [-0.4, -0.2) is 29.2 Å². The predicted octanol–water partition coefficient (Wildman–Crippen LogP) is 3.29. The number of hydrogen-bond acceptors (Lipinski definition) is 4. The second-order valence-electron chi connectivity index (χ2n) is 5.78. The number of sulfonamides is 1. The van der Waals surface area contributed by atoms with Gasteiger partial charge in [-0.2, -0.15) is 0 Å². The SMILES string of the molecule is COc1ccc(S(=O)(=O)N2CCC(OC)c3ccccc32)c(C)c1. The van der Waals surface area contributed by atoms with Crippen molar-refractivity contribution in [1.82, 2.24) is 0 Å². The molecule has 1 heterocycles. The molecule has 0 bridgehead atoms. The van der Waals surface area contributed by atoms with Crippen LogP contribution in [0.2, 0.25) is 0 Å². The first kappa shape index (κ1) is 16.8. The number of hydrogen-bond donors (Lipinski definition) is 0. The molecule has 0 radical (unpaired) electrons. The quantitative estimate of drug-likeness (QED) is 0.852. The van der Waals surface area contributed by atoms with Gasteiger partial charge in [-0.3, -0.25) is 4.31 Å². The molecule has 6 heteroatoms. The fourth-order valence-electron chi connectivity index (χ4n) is 3.15. The Morgan fingerprint density at radius 1 is 1.12 bits per heavy atom. The lowest BCUT2D eigenvalue weighted by Crippen LogP contribution is -2.37. The lowest BCUT2D eigenvalue weighted by Gasteiger charge is -2.34. The van der Waals surface area contributed by atoms with E-state index < -0.39 is 10.0 Å². The number of fused-ring (bicyclic) bond motifs is 1. The first-order valence-electron chi connectivity index (χ1n) is 7.78. The van der Waals surface area contributed by atoms with Crippen molar-refractivity contribution in [3.8, 4) is 5.75 Å². The van der Waals surface area contributed by atoms with Crippen LogP contribution in [0.1, 0.15) is 23.7 Å². The van der Waals surface area contributed by atoms with Gasteiger partial charge in [-0.1, -0.05) is 18.2 Å². The van der Waals surface area contributed by atoms with Crippen LogP contribution in [0, 0.1) is 6.92 Å². The van der Waals surface area contributed by atoms with Gasteiger partial charge in [-0.25, -0.2) is 8.42 Å². The van der Waals surface area contributed by atoms with Crippen LogP contribution >= 0.6 is 0 Å². The highest BCUT2D eigenvalue weighted by atomic mass is 32.2. The highest BCUT2D eigenvalue weighted by Gasteiger charge is 2.33. The Morgan fingerprint density at radius 3 is 2.54 bits per heavy atom. The summed E-state index contributed by atoms with van der Waals surface area (Å²) in [6.45, 7) is 2.17. The van der Waals surface area contributed by atoms with Crippen molar-refractivity contribution in [2.24, 2.45) is 0 Å². The van der Waals surface area contributed by atoms with Gasteiger partial charge in [0.25, 0.3) is 10.0 Å². The van der Waals surface area contributed by atoms with Crippen LogP contribution in [0.3, 0.4) is 0 Å². The Hall–Kier alpha value is -2.05. The third-order valence-electron chi connectivity index (χ3n) is 4.38. The van der Waals surface area contributed by atoms with Crippen molar-refractivity contribution in [1.29, 1.82) is 0 Å². The molecule has 24 heavy (non-hydrogen) atoms. The van der Waals surface area contributed by atoms with Crippen molar-refractivity contribution in [2.45, 2.75) is 24.3 Å². The highest BCUT2D eigenvalue weighted by Crippen LogP contribution is 2.39. The van der Waals surface area contributed by atoms with Crippen molar-refractivity contribution in [3.63, 3.8) is 0 Å². The number of para-hydroxylation sites is 1. The second-order valence-corrected chi connectivity index (χ2v) is 7.61. The van der Waals surface area contributed by atoms with Crippen molar-refractivity contribution in [3.05, 3.63) is 53.6 Å². The van der Waals surface area contributed by atoms with E-state index in [1.54, 1.807) is 39.3 Å². The van der Waals surface area contributed by atoms with E-state index in [1.807, 2.05) is 24.3 Å².